The Morgan fingerprint density at radius 3 is 2.68 bits per heavy atom. The van der Waals surface area contributed by atoms with Crippen LogP contribution in [0.5, 0.6) is 0 Å². The molecule has 3 aliphatic heterocycles. The van der Waals surface area contributed by atoms with Gasteiger partial charge >= 0.3 is 0 Å². The van der Waals surface area contributed by atoms with E-state index < -0.39 is 0 Å². The molecule has 5 rings (SSSR count). The summed E-state index contributed by atoms with van der Waals surface area (Å²) >= 11 is 1.54. The summed E-state index contributed by atoms with van der Waals surface area (Å²) in [5.74, 6) is 0.778. The van der Waals surface area contributed by atoms with E-state index in [1.165, 1.54) is 23.3 Å². The van der Waals surface area contributed by atoms with Crippen molar-refractivity contribution >= 4 is 17.2 Å². The second kappa shape index (κ2) is 6.89. The van der Waals surface area contributed by atoms with Crippen LogP contribution in [0.2, 0.25) is 0 Å². The van der Waals surface area contributed by atoms with Gasteiger partial charge in [-0.25, -0.2) is 4.98 Å². The van der Waals surface area contributed by atoms with Gasteiger partial charge in [0.15, 0.2) is 0 Å². The number of fused-ring (bicyclic) bond motifs is 4. The van der Waals surface area contributed by atoms with E-state index in [-0.39, 0.29) is 5.91 Å². The lowest BCUT2D eigenvalue weighted by molar-refractivity contribution is 0.0589. The Morgan fingerprint density at radius 1 is 1.16 bits per heavy atom. The molecule has 25 heavy (non-hydrogen) atoms. The molecule has 0 radical (unpaired) electrons. The topological polar surface area (TPSA) is 36.4 Å². The van der Waals surface area contributed by atoms with Crippen molar-refractivity contribution in [3.8, 4) is 0 Å². The number of nitrogens with zero attached hydrogens (tertiary/aromatic N) is 3. The van der Waals surface area contributed by atoms with Crippen LogP contribution in [0.4, 0.5) is 0 Å². The molecule has 3 fully saturated rings. The Bertz CT molecular complexity index is 758. The molecular weight excluding hydrogens is 330 g/mol. The lowest BCUT2D eigenvalue weighted by atomic mass is 9.95. The number of hydrogen-bond acceptors (Lipinski definition) is 4. The second-order valence-electron chi connectivity index (χ2n) is 7.38. The van der Waals surface area contributed by atoms with Gasteiger partial charge in [0, 0.05) is 32.2 Å². The van der Waals surface area contributed by atoms with Crippen LogP contribution in [0.15, 0.2) is 30.3 Å². The van der Waals surface area contributed by atoms with E-state index in [2.05, 4.69) is 45.1 Å². The van der Waals surface area contributed by atoms with Gasteiger partial charge < -0.3 is 4.90 Å². The van der Waals surface area contributed by atoms with Crippen LogP contribution in [0.1, 0.15) is 38.8 Å². The van der Waals surface area contributed by atoms with E-state index in [1.807, 2.05) is 13.8 Å². The van der Waals surface area contributed by atoms with Crippen molar-refractivity contribution in [2.75, 3.05) is 19.6 Å². The highest BCUT2D eigenvalue weighted by Gasteiger charge is 2.38. The number of piperidine rings is 1. The molecule has 0 aliphatic carbocycles. The molecule has 5 heteroatoms. The third-order valence-corrected chi connectivity index (χ3v) is 6.46. The maximum Gasteiger partial charge on any atom is 0.266 e. The summed E-state index contributed by atoms with van der Waals surface area (Å²) in [4.78, 5) is 23.1. The van der Waals surface area contributed by atoms with Crippen LogP contribution in [-0.4, -0.2) is 46.4 Å². The minimum Gasteiger partial charge on any atom is -0.333 e. The average Bonchev–Trinajstić information content (AvgIpc) is 2.76. The van der Waals surface area contributed by atoms with E-state index in [0.717, 1.165) is 48.2 Å². The number of aryl methyl sites for hydroxylation is 2. The summed E-state index contributed by atoms with van der Waals surface area (Å²) in [6, 6.07) is 11.0. The first-order chi connectivity index (χ1) is 12.1. The molecule has 1 aromatic heterocycles. The average molecular weight is 356 g/mol. The van der Waals surface area contributed by atoms with Crippen LogP contribution in [0.3, 0.4) is 0 Å². The number of benzene rings is 1. The van der Waals surface area contributed by atoms with E-state index in [0.29, 0.717) is 12.0 Å². The molecule has 0 unspecified atom stereocenters. The predicted molar refractivity (Wildman–Crippen MR) is 101 cm³/mol. The fourth-order valence-corrected chi connectivity index (χ4v) is 5.13. The van der Waals surface area contributed by atoms with Gasteiger partial charge in [0.2, 0.25) is 0 Å². The maximum atomic E-state index is 13.1. The smallest absolute Gasteiger partial charge is 0.266 e. The van der Waals surface area contributed by atoms with Gasteiger partial charge in [-0.15, -0.1) is 11.3 Å². The number of carbonyl (C=O) groups excluding carboxylic acids is 1. The molecule has 2 aromatic rings. The molecule has 0 N–H and O–H groups in total. The van der Waals surface area contributed by atoms with Crippen LogP contribution in [0, 0.1) is 19.8 Å². The number of aromatic nitrogens is 1. The quantitative estimate of drug-likeness (QED) is 0.845. The van der Waals surface area contributed by atoms with E-state index in [9.17, 15) is 4.79 Å². The lowest BCUT2D eigenvalue weighted by Crippen LogP contribution is -2.47. The van der Waals surface area contributed by atoms with Gasteiger partial charge in [0.1, 0.15) is 4.88 Å². The van der Waals surface area contributed by atoms with Crippen molar-refractivity contribution in [2.24, 2.45) is 5.92 Å². The predicted octanol–water partition coefficient (Wildman–Crippen LogP) is 3.50. The number of carbonyl (C=O) groups is 1. The van der Waals surface area contributed by atoms with Gasteiger partial charge in [-0.1, -0.05) is 30.3 Å². The zero-order valence-corrected chi connectivity index (χ0v) is 15.8. The van der Waals surface area contributed by atoms with E-state index in [1.54, 1.807) is 0 Å². The normalized spacial score (nSPS) is 23.7. The van der Waals surface area contributed by atoms with Crippen LogP contribution >= 0.6 is 11.3 Å². The zero-order chi connectivity index (χ0) is 17.4. The van der Waals surface area contributed by atoms with Crippen LogP contribution < -0.4 is 0 Å². The lowest BCUT2D eigenvalue weighted by Gasteiger charge is -2.36. The van der Waals surface area contributed by atoms with Gasteiger partial charge in [-0.05, 0) is 38.2 Å². The fraction of sp³-hybridized carbons (Fsp3) is 0.500. The summed E-state index contributed by atoms with van der Waals surface area (Å²) in [5.41, 5.74) is 2.24. The summed E-state index contributed by atoms with van der Waals surface area (Å²) < 4.78 is 0. The molecule has 4 nitrogen and oxygen atoms in total. The number of rotatable bonds is 3. The first-order valence-electron chi connectivity index (χ1n) is 9.11. The molecule has 3 aliphatic rings. The third kappa shape index (κ3) is 3.48. The molecule has 2 bridgehead atoms. The first-order valence-corrected chi connectivity index (χ1v) is 9.93. The standard InChI is InChI=1S/C20H25N3OS/c1-14-19(25-15(2)21-14)20(24)23-12-17-8-9-18(23)13-22(11-17)10-16-6-4-3-5-7-16/h3-7,17-18H,8-13H2,1-2H3/t17-,18+/m0/s1. The second-order valence-corrected chi connectivity index (χ2v) is 8.59. The molecule has 0 saturated carbocycles. The Kier molecular flexibility index (Phi) is 4.61. The highest BCUT2D eigenvalue weighted by molar-refractivity contribution is 7.13. The molecule has 1 amide bonds. The van der Waals surface area contributed by atoms with Crippen molar-refractivity contribution in [3.05, 3.63) is 51.5 Å². The first kappa shape index (κ1) is 16.7. The Morgan fingerprint density at radius 2 is 1.96 bits per heavy atom. The Balaban J connectivity index is 1.51. The minimum atomic E-state index is 0.194. The summed E-state index contributed by atoms with van der Waals surface area (Å²) in [5, 5.41) is 0.978. The number of amides is 1. The molecular formula is C20H25N3OS. The van der Waals surface area contributed by atoms with Crippen molar-refractivity contribution in [3.63, 3.8) is 0 Å². The van der Waals surface area contributed by atoms with Crippen LogP contribution in [-0.2, 0) is 6.54 Å². The Labute approximate surface area is 153 Å². The maximum absolute atomic E-state index is 13.1. The van der Waals surface area contributed by atoms with Crippen molar-refractivity contribution in [2.45, 2.75) is 39.3 Å². The monoisotopic (exact) mass is 355 g/mol. The Hall–Kier alpha value is -1.72. The van der Waals surface area contributed by atoms with Gasteiger partial charge in [0.05, 0.1) is 10.7 Å². The number of hydrogen-bond donors (Lipinski definition) is 0. The number of thiazole rings is 1. The highest BCUT2D eigenvalue weighted by Crippen LogP contribution is 2.31. The highest BCUT2D eigenvalue weighted by atomic mass is 32.1. The van der Waals surface area contributed by atoms with Crippen molar-refractivity contribution in [1.82, 2.24) is 14.8 Å². The van der Waals surface area contributed by atoms with Crippen molar-refractivity contribution < 1.29 is 4.79 Å². The van der Waals surface area contributed by atoms with E-state index in [4.69, 9.17) is 0 Å². The fourth-order valence-electron chi connectivity index (χ4n) is 4.26. The SMILES string of the molecule is Cc1nc(C)c(C(=O)N2C[C@H]3CC[C@@H]2CN(Cc2ccccc2)C3)s1. The largest absolute Gasteiger partial charge is 0.333 e. The zero-order valence-electron chi connectivity index (χ0n) is 14.9. The molecule has 132 valence electrons. The minimum absolute atomic E-state index is 0.194. The van der Waals surface area contributed by atoms with Crippen molar-refractivity contribution in [1.29, 1.82) is 0 Å². The van der Waals surface area contributed by atoms with E-state index >= 15 is 0 Å². The summed E-state index contributed by atoms with van der Waals surface area (Å²) in [7, 11) is 0. The van der Waals surface area contributed by atoms with Gasteiger partial charge in [0.25, 0.3) is 5.91 Å². The summed E-state index contributed by atoms with van der Waals surface area (Å²) in [6.45, 7) is 7.88. The molecule has 1 aromatic carbocycles. The molecule has 3 saturated heterocycles. The summed E-state index contributed by atoms with van der Waals surface area (Å²) in [6.07, 6.45) is 2.36. The van der Waals surface area contributed by atoms with Gasteiger partial charge in [-0.3, -0.25) is 9.69 Å². The van der Waals surface area contributed by atoms with Gasteiger partial charge in [-0.2, -0.15) is 0 Å². The third-order valence-electron chi connectivity index (χ3n) is 5.40. The molecule has 0 spiro atoms. The molecule has 4 heterocycles. The molecule has 2 atom stereocenters. The van der Waals surface area contributed by atoms with Crippen LogP contribution in [0.25, 0.3) is 0 Å².